The van der Waals surface area contributed by atoms with Crippen LogP contribution in [0.15, 0.2) is 40.0 Å². The lowest BCUT2D eigenvalue weighted by Gasteiger charge is -2.12. The van der Waals surface area contributed by atoms with E-state index in [0.29, 0.717) is 6.54 Å². The minimum absolute atomic E-state index is 0.252. The van der Waals surface area contributed by atoms with Crippen molar-refractivity contribution >= 4 is 53.3 Å². The number of fused-ring (bicyclic) bond motifs is 3. The molecule has 0 bridgehead atoms. The maximum atomic E-state index is 12.3. The molecule has 0 radical (unpaired) electrons. The third-order valence-electron chi connectivity index (χ3n) is 4.58. The number of halogens is 1. The van der Waals surface area contributed by atoms with Gasteiger partial charge in [-0.15, -0.1) is 11.3 Å². The Hall–Kier alpha value is -1.55. The highest BCUT2D eigenvalue weighted by Crippen LogP contribution is 2.37. The van der Waals surface area contributed by atoms with E-state index in [0.717, 1.165) is 33.3 Å². The Labute approximate surface area is 170 Å². The largest absolute Gasteiger partial charge is 0.368 e. The predicted molar refractivity (Wildman–Crippen MR) is 112 cm³/mol. The van der Waals surface area contributed by atoms with E-state index in [1.165, 1.54) is 23.3 Å². The van der Waals surface area contributed by atoms with Gasteiger partial charge in [0.1, 0.15) is 17.0 Å². The zero-order chi connectivity index (χ0) is 18.9. The molecule has 2 aromatic heterocycles. The van der Waals surface area contributed by atoms with Crippen LogP contribution in [-0.4, -0.2) is 31.5 Å². The minimum atomic E-state index is -3.52. The minimum Gasteiger partial charge on any atom is -0.368 e. The maximum absolute atomic E-state index is 12.3. The highest BCUT2D eigenvalue weighted by molar-refractivity contribution is 9.10. The van der Waals surface area contributed by atoms with Crippen molar-refractivity contribution in [1.82, 2.24) is 14.7 Å². The number of aromatic nitrogens is 2. The van der Waals surface area contributed by atoms with Crippen LogP contribution >= 0.6 is 27.3 Å². The van der Waals surface area contributed by atoms with Crippen LogP contribution in [0.4, 0.5) is 5.82 Å². The number of sulfonamides is 1. The molecule has 6 nitrogen and oxygen atoms in total. The molecule has 1 aliphatic carbocycles. The summed E-state index contributed by atoms with van der Waals surface area (Å²) in [5.74, 6) is 0.794. The molecule has 0 aliphatic heterocycles. The molecule has 1 aromatic carbocycles. The van der Waals surface area contributed by atoms with E-state index in [1.54, 1.807) is 41.9 Å². The number of nitrogens with one attached hydrogen (secondary N) is 2. The van der Waals surface area contributed by atoms with E-state index in [2.05, 4.69) is 35.9 Å². The summed E-state index contributed by atoms with van der Waals surface area (Å²) in [6, 6.07) is 6.57. The van der Waals surface area contributed by atoms with Crippen molar-refractivity contribution in [3.8, 4) is 0 Å². The predicted octanol–water partition coefficient (Wildman–Crippen LogP) is 3.72. The average molecular weight is 467 g/mol. The lowest BCUT2D eigenvalue weighted by Crippen LogP contribution is -2.29. The molecule has 27 heavy (non-hydrogen) atoms. The van der Waals surface area contributed by atoms with Gasteiger partial charge in [-0.1, -0.05) is 15.9 Å². The van der Waals surface area contributed by atoms with Gasteiger partial charge in [-0.2, -0.15) is 0 Å². The Bertz CT molecular complexity index is 1060. The molecule has 1 aliphatic rings. The smallest absolute Gasteiger partial charge is 0.240 e. The van der Waals surface area contributed by atoms with Crippen LogP contribution in [0.3, 0.4) is 0 Å². The molecular formula is C18H19BrN4O2S2. The Balaban J connectivity index is 1.44. The summed E-state index contributed by atoms with van der Waals surface area (Å²) in [6.07, 6.45) is 6.17. The van der Waals surface area contributed by atoms with Gasteiger partial charge in [-0.3, -0.25) is 0 Å². The molecule has 9 heteroatoms. The van der Waals surface area contributed by atoms with Gasteiger partial charge in [0.05, 0.1) is 10.3 Å². The number of thiophene rings is 1. The molecule has 4 rings (SSSR count). The fourth-order valence-electron chi connectivity index (χ4n) is 3.29. The number of nitrogens with zero attached hydrogens (tertiary/aromatic N) is 2. The summed E-state index contributed by atoms with van der Waals surface area (Å²) in [4.78, 5) is 11.5. The van der Waals surface area contributed by atoms with E-state index in [9.17, 15) is 8.42 Å². The first kappa shape index (κ1) is 18.8. The van der Waals surface area contributed by atoms with E-state index in [-0.39, 0.29) is 11.4 Å². The van der Waals surface area contributed by atoms with Crippen molar-refractivity contribution < 1.29 is 8.42 Å². The van der Waals surface area contributed by atoms with Gasteiger partial charge >= 0.3 is 0 Å². The van der Waals surface area contributed by atoms with Crippen LogP contribution in [-0.2, 0) is 22.9 Å². The molecule has 0 spiro atoms. The lowest BCUT2D eigenvalue weighted by atomic mass is 9.97. The zero-order valence-corrected chi connectivity index (χ0v) is 17.8. The van der Waals surface area contributed by atoms with Crippen LogP contribution in [0.5, 0.6) is 0 Å². The number of benzene rings is 1. The van der Waals surface area contributed by atoms with Crippen LogP contribution in [0.2, 0.25) is 0 Å². The number of anilines is 1. The first-order valence-corrected chi connectivity index (χ1v) is 11.9. The second kappa shape index (κ2) is 7.83. The van der Waals surface area contributed by atoms with Gasteiger partial charge in [-0.25, -0.2) is 23.1 Å². The van der Waals surface area contributed by atoms with Gasteiger partial charge in [-0.05, 0) is 55.5 Å². The van der Waals surface area contributed by atoms with E-state index >= 15 is 0 Å². The van der Waals surface area contributed by atoms with Crippen molar-refractivity contribution in [2.24, 2.45) is 0 Å². The summed E-state index contributed by atoms with van der Waals surface area (Å²) in [6.45, 7) is 0.725. The molecule has 0 fully saturated rings. The Morgan fingerprint density at radius 3 is 2.67 bits per heavy atom. The maximum Gasteiger partial charge on any atom is 0.240 e. The van der Waals surface area contributed by atoms with Crippen LogP contribution in [0.25, 0.3) is 10.2 Å². The van der Waals surface area contributed by atoms with Gasteiger partial charge in [0.15, 0.2) is 0 Å². The molecule has 142 valence electrons. The summed E-state index contributed by atoms with van der Waals surface area (Å²) >= 11 is 5.06. The molecule has 0 atom stereocenters. The van der Waals surface area contributed by atoms with Crippen molar-refractivity contribution in [2.75, 3.05) is 18.4 Å². The normalized spacial score (nSPS) is 14.3. The second-order valence-electron chi connectivity index (χ2n) is 6.39. The third kappa shape index (κ3) is 4.01. The Kier molecular flexibility index (Phi) is 5.45. The van der Waals surface area contributed by atoms with Crippen molar-refractivity contribution in [3.63, 3.8) is 0 Å². The molecule has 3 aromatic rings. The van der Waals surface area contributed by atoms with Gasteiger partial charge in [0.2, 0.25) is 10.0 Å². The Morgan fingerprint density at radius 1 is 1.07 bits per heavy atom. The van der Waals surface area contributed by atoms with Crippen molar-refractivity contribution in [2.45, 2.75) is 30.6 Å². The van der Waals surface area contributed by atoms with Crippen LogP contribution in [0.1, 0.15) is 23.3 Å². The standard InChI is InChI=1S/C18H19BrN4O2S2/c19-12-5-7-13(8-6-12)27(24,25)23-10-9-20-17-16-14-3-1-2-4-15(14)26-18(16)22-11-21-17/h5-8,11,23H,1-4,9-10H2,(H,20,21,22). The summed E-state index contributed by atoms with van der Waals surface area (Å²) in [5.41, 5.74) is 1.36. The molecule has 0 amide bonds. The first-order valence-electron chi connectivity index (χ1n) is 8.79. The quantitative estimate of drug-likeness (QED) is 0.540. The topological polar surface area (TPSA) is 84.0 Å². The summed E-state index contributed by atoms with van der Waals surface area (Å²) < 4.78 is 28.1. The monoisotopic (exact) mass is 466 g/mol. The third-order valence-corrected chi connectivity index (χ3v) is 7.79. The molecule has 0 saturated heterocycles. The summed E-state index contributed by atoms with van der Waals surface area (Å²) in [7, 11) is -3.52. The van der Waals surface area contributed by atoms with Crippen molar-refractivity contribution in [3.05, 3.63) is 45.5 Å². The first-order chi connectivity index (χ1) is 13.0. The molecule has 2 heterocycles. The van der Waals surface area contributed by atoms with Gasteiger partial charge in [0.25, 0.3) is 0 Å². The second-order valence-corrected chi connectivity index (χ2v) is 10.2. The zero-order valence-electron chi connectivity index (χ0n) is 14.5. The van der Waals surface area contributed by atoms with Crippen molar-refractivity contribution in [1.29, 1.82) is 0 Å². The Morgan fingerprint density at radius 2 is 1.85 bits per heavy atom. The highest BCUT2D eigenvalue weighted by Gasteiger charge is 2.20. The SMILES string of the molecule is O=S(=O)(NCCNc1ncnc2sc3c(c12)CCCC3)c1ccc(Br)cc1. The number of hydrogen-bond donors (Lipinski definition) is 2. The number of rotatable bonds is 6. The van der Waals surface area contributed by atoms with E-state index < -0.39 is 10.0 Å². The molecular weight excluding hydrogens is 448 g/mol. The van der Waals surface area contributed by atoms with Gasteiger partial charge < -0.3 is 5.32 Å². The highest BCUT2D eigenvalue weighted by atomic mass is 79.9. The summed E-state index contributed by atoms with van der Waals surface area (Å²) in [5, 5.41) is 4.38. The number of hydrogen-bond acceptors (Lipinski definition) is 6. The van der Waals surface area contributed by atoms with Crippen LogP contribution in [0, 0.1) is 0 Å². The lowest BCUT2D eigenvalue weighted by molar-refractivity contribution is 0.583. The van der Waals surface area contributed by atoms with Crippen LogP contribution < -0.4 is 10.0 Å². The molecule has 0 unspecified atom stereocenters. The average Bonchev–Trinajstić information content (AvgIpc) is 3.05. The van der Waals surface area contributed by atoms with E-state index in [4.69, 9.17) is 0 Å². The molecule has 2 N–H and O–H groups in total. The van der Waals surface area contributed by atoms with Gasteiger partial charge in [0, 0.05) is 22.4 Å². The fourth-order valence-corrected chi connectivity index (χ4v) is 5.81. The number of aryl methyl sites for hydroxylation is 2. The van der Waals surface area contributed by atoms with E-state index in [1.807, 2.05) is 0 Å². The fraction of sp³-hybridized carbons (Fsp3) is 0.333. The molecule has 0 saturated carbocycles.